The van der Waals surface area contributed by atoms with Crippen LogP contribution in [0, 0.1) is 45.3 Å². The molecule has 7 N–H and O–H groups in total. The number of hydrogen-bond acceptors (Lipinski definition) is 9. The van der Waals surface area contributed by atoms with Crippen molar-refractivity contribution in [3.8, 4) is 0 Å². The molecule has 278 valence electrons. The van der Waals surface area contributed by atoms with Crippen molar-refractivity contribution in [1.29, 1.82) is 0 Å². The van der Waals surface area contributed by atoms with Crippen LogP contribution < -0.4 is 29.6 Å². The van der Waals surface area contributed by atoms with E-state index in [-0.39, 0.29) is 92.5 Å². The van der Waals surface area contributed by atoms with Crippen molar-refractivity contribution in [2.75, 3.05) is 6.61 Å². The molecule has 0 bridgehead atoms. The molecule has 4 unspecified atom stereocenters. The maximum absolute atomic E-state index is 12.3. The Labute approximate surface area is 337 Å². The number of hydrogen-bond donors (Lipinski definition) is 7. The predicted octanol–water partition coefficient (Wildman–Crippen LogP) is 1.07. The Morgan fingerprint density at radius 2 is 1.54 bits per heavy atom. The van der Waals surface area contributed by atoms with Crippen LogP contribution in [0.25, 0.3) is 0 Å². The Kier molecular flexibility index (Phi) is 14.7. The van der Waals surface area contributed by atoms with E-state index in [1.54, 1.807) is 0 Å². The van der Waals surface area contributed by atoms with Crippen LogP contribution in [0.2, 0.25) is 0 Å². The number of allylic oxidation sites excluding steroid dienone is 2. The summed E-state index contributed by atoms with van der Waals surface area (Å²) >= 11 is 0. The number of rotatable bonds is 9. The Bertz CT molecular complexity index is 1260. The summed E-state index contributed by atoms with van der Waals surface area (Å²) in [6.45, 7) is 16.8. The summed E-state index contributed by atoms with van der Waals surface area (Å²) in [5, 5.41) is 54.1. The molecule has 50 heavy (non-hydrogen) atoms. The Balaban J connectivity index is 0.00000338. The van der Waals surface area contributed by atoms with E-state index < -0.39 is 68.4 Å². The second kappa shape index (κ2) is 16.1. The van der Waals surface area contributed by atoms with E-state index in [1.165, 1.54) is 5.57 Å². The van der Waals surface area contributed by atoms with Gasteiger partial charge in [0.25, 0.3) is 0 Å². The Morgan fingerprint density at radius 1 is 0.920 bits per heavy atom. The molecule has 5 fully saturated rings. The van der Waals surface area contributed by atoms with Gasteiger partial charge in [-0.1, -0.05) is 46.3 Å². The molecule has 0 aromatic heterocycles. The molecule has 4 saturated carbocycles. The van der Waals surface area contributed by atoms with Gasteiger partial charge in [-0.05, 0) is 124 Å². The molecule has 1 heterocycles. The summed E-state index contributed by atoms with van der Waals surface area (Å²) < 4.78 is 29.9. The van der Waals surface area contributed by atoms with E-state index in [1.807, 2.05) is 20.8 Å². The molecule has 0 spiro atoms. The van der Waals surface area contributed by atoms with Crippen LogP contribution in [0.1, 0.15) is 113 Å². The van der Waals surface area contributed by atoms with Gasteiger partial charge in [-0.25, -0.2) is 4.57 Å². The first-order chi connectivity index (χ1) is 22.1. The maximum atomic E-state index is 12.3. The van der Waals surface area contributed by atoms with Gasteiger partial charge >= 0.3 is 60.4 Å². The van der Waals surface area contributed by atoms with Gasteiger partial charge in [-0.2, -0.15) is 0 Å². The number of phosphoric ester groups is 1. The van der Waals surface area contributed by atoms with Crippen LogP contribution in [0.4, 0.5) is 0 Å². The first-order valence-corrected chi connectivity index (χ1v) is 19.6. The van der Waals surface area contributed by atoms with E-state index in [4.69, 9.17) is 14.0 Å². The van der Waals surface area contributed by atoms with Gasteiger partial charge in [0.1, 0.15) is 24.4 Å². The van der Waals surface area contributed by atoms with Crippen molar-refractivity contribution in [3.05, 3.63) is 11.6 Å². The van der Waals surface area contributed by atoms with E-state index in [2.05, 4.69) is 40.7 Å². The smallest absolute Gasteiger partial charge is 0.394 e. The summed E-state index contributed by atoms with van der Waals surface area (Å²) in [7, 11) is -4.65. The van der Waals surface area contributed by atoms with E-state index in [0.717, 1.165) is 32.1 Å². The quantitative estimate of drug-likeness (QED) is 0.102. The fourth-order valence-electron chi connectivity index (χ4n) is 12.2. The normalized spacial score (nSPS) is 46.6. The summed E-state index contributed by atoms with van der Waals surface area (Å²) in [6.07, 6.45) is 0.842. The molecule has 11 nitrogen and oxygen atoms in total. The second-order valence-electron chi connectivity index (χ2n) is 17.9. The molecule has 0 aromatic rings. The molecule has 5 rings (SSSR count). The van der Waals surface area contributed by atoms with Gasteiger partial charge in [0, 0.05) is 0 Å². The second-order valence-corrected chi connectivity index (χ2v) is 19.0. The van der Waals surface area contributed by atoms with E-state index in [0.29, 0.717) is 25.7 Å². The average Bonchev–Trinajstić information content (AvgIpc) is 3.36. The minimum atomic E-state index is -4.65. The fourth-order valence-corrected chi connectivity index (χ4v) is 12.9. The summed E-state index contributed by atoms with van der Waals surface area (Å²) in [4.78, 5) is 19.4. The third-order valence-electron chi connectivity index (χ3n) is 14.8. The number of aliphatic hydroxyl groups excluding tert-OH is 5. The van der Waals surface area contributed by atoms with Crippen molar-refractivity contribution in [2.24, 2.45) is 45.3 Å². The van der Waals surface area contributed by atoms with E-state index >= 15 is 0 Å². The van der Waals surface area contributed by atoms with Crippen LogP contribution >= 0.6 is 7.82 Å². The molecule has 5 aliphatic rings. The zero-order chi connectivity index (χ0) is 35.8. The van der Waals surface area contributed by atoms with Gasteiger partial charge < -0.3 is 44.8 Å². The largest absolute Gasteiger partial charge is 2.00 e. The molecule has 1 saturated heterocycles. The number of phosphoric acid groups is 1. The topological polar surface area (TPSA) is 186 Å². The molecule has 4 aliphatic carbocycles. The van der Waals surface area contributed by atoms with E-state index in [9.17, 15) is 39.9 Å². The molecule has 15 atom stereocenters. The zero-order valence-corrected chi connectivity index (χ0v) is 36.2. The minimum absolute atomic E-state index is 0. The fraction of sp³-hybridized carbons (Fsp3) is 0.944. The third-order valence-corrected chi connectivity index (χ3v) is 15.3. The standard InChI is InChI=1S/C36H63O11P.Mg.Na/c1-20(2)10-9-14-36(8,46-31-30(41)29(40)28(39)23(19-37)45-31)21-11-16-35(7)27(21)22(38)18-25-33(5)15-13-26(47-48(42,43)44)32(3,4)24(33)12-17-34(25,35)6;;/h10,21-31,37-41H,9,11-19H2,1-8H3,(H2,42,43,44);;/q;+2;+1/t21?,22-,23-,24?,25?,26+,27?,28-,29+,30-,31+,33+,34-,35-,36+;;/m1../s1. The Hall–Kier alpha value is 1.34. The van der Waals surface area contributed by atoms with Crippen molar-refractivity contribution < 1.29 is 83.4 Å². The van der Waals surface area contributed by atoms with Gasteiger partial charge in [0.15, 0.2) is 6.29 Å². The zero-order valence-electron chi connectivity index (χ0n) is 31.9. The van der Waals surface area contributed by atoms with Crippen LogP contribution in [-0.2, 0) is 18.6 Å². The van der Waals surface area contributed by atoms with Crippen LogP contribution in [0.15, 0.2) is 11.6 Å². The first kappa shape index (κ1) is 45.7. The molecule has 1 aliphatic heterocycles. The summed E-state index contributed by atoms with van der Waals surface area (Å²) in [6, 6.07) is 0. The maximum Gasteiger partial charge on any atom is 2.00 e. The van der Waals surface area contributed by atoms with Crippen LogP contribution in [0.5, 0.6) is 0 Å². The SMILES string of the molecule is CC(C)=CCC[C@](C)(O[C@@H]1O[C@H](CO)[C@@H](O)[C@H](O)[C@H]1O)C1CC[C@]2(C)C1[C@H](O)CC1[C@@]3(C)CC[C@H](OP(=O)(O)O)C(C)(C)C3CC[C@]12C.[Mg+2].[Na+]. The van der Waals surface area contributed by atoms with Gasteiger partial charge in [-0.15, -0.1) is 0 Å². The van der Waals surface area contributed by atoms with Crippen molar-refractivity contribution >= 4 is 30.9 Å². The predicted molar refractivity (Wildman–Crippen MR) is 185 cm³/mol. The third kappa shape index (κ3) is 7.83. The summed E-state index contributed by atoms with van der Waals surface area (Å²) in [5.74, 6) is 0.157. The molecule has 0 amide bonds. The molecular weight excluding hydrogens is 687 g/mol. The number of ether oxygens (including phenoxy) is 2. The van der Waals surface area contributed by atoms with Crippen LogP contribution in [0.3, 0.4) is 0 Å². The monoisotopic (exact) mass is 749 g/mol. The van der Waals surface area contributed by atoms with Crippen LogP contribution in [-0.4, -0.2) is 113 Å². The van der Waals surface area contributed by atoms with Crippen molar-refractivity contribution in [3.63, 3.8) is 0 Å². The molecular formula is C36H63MgNaO11P+3. The minimum Gasteiger partial charge on any atom is -0.394 e. The average molecular weight is 750 g/mol. The number of aliphatic hydroxyl groups is 5. The van der Waals surface area contributed by atoms with Gasteiger partial charge in [-0.3, -0.25) is 4.52 Å². The molecule has 0 aromatic carbocycles. The van der Waals surface area contributed by atoms with Crippen molar-refractivity contribution in [2.45, 2.75) is 162 Å². The Morgan fingerprint density at radius 3 is 2.12 bits per heavy atom. The summed E-state index contributed by atoms with van der Waals surface area (Å²) in [5.41, 5.74) is -0.672. The number of fused-ring (bicyclic) bond motifs is 5. The molecule has 14 heteroatoms. The van der Waals surface area contributed by atoms with Gasteiger partial charge in [0.05, 0.1) is 24.4 Å². The van der Waals surface area contributed by atoms with Crippen molar-refractivity contribution in [1.82, 2.24) is 0 Å². The first-order valence-electron chi connectivity index (χ1n) is 18.1. The molecule has 0 radical (unpaired) electrons. The van der Waals surface area contributed by atoms with Gasteiger partial charge in [0.2, 0.25) is 0 Å².